The number of piperazine rings is 1. The summed E-state index contributed by atoms with van der Waals surface area (Å²) in [5.74, 6) is 0.307. The van der Waals surface area contributed by atoms with Crippen LogP contribution >= 0.6 is 0 Å². The predicted octanol–water partition coefficient (Wildman–Crippen LogP) is 5.57. The Hall–Kier alpha value is -4.57. The topological polar surface area (TPSA) is 98.4 Å². The summed E-state index contributed by atoms with van der Waals surface area (Å²) in [7, 11) is 2.04. The van der Waals surface area contributed by atoms with E-state index in [4.69, 9.17) is 9.47 Å². The van der Waals surface area contributed by atoms with E-state index < -0.39 is 5.60 Å². The molecule has 3 amide bonds. The van der Waals surface area contributed by atoms with Gasteiger partial charge in [-0.2, -0.15) is 0 Å². The number of nitrogens with zero attached hydrogens (tertiary/aromatic N) is 4. The number of carbonyl (C=O) groups excluding carboxylic acids is 3. The van der Waals surface area contributed by atoms with Crippen LogP contribution in [0.1, 0.15) is 42.4 Å². The van der Waals surface area contributed by atoms with Crippen molar-refractivity contribution in [2.45, 2.75) is 39.2 Å². The van der Waals surface area contributed by atoms with Crippen LogP contribution in [0.2, 0.25) is 0 Å². The van der Waals surface area contributed by atoms with E-state index in [1.807, 2.05) is 76.3 Å². The van der Waals surface area contributed by atoms with Gasteiger partial charge >= 0.3 is 12.2 Å². The first kappa shape index (κ1) is 28.2. The number of nitrogens with one attached hydrogen (secondary N) is 1. The van der Waals surface area contributed by atoms with Gasteiger partial charge in [-0.15, -0.1) is 0 Å². The normalized spacial score (nSPS) is 16.9. The Morgan fingerprint density at radius 3 is 2.16 bits per heavy atom. The van der Waals surface area contributed by atoms with Crippen molar-refractivity contribution in [3.63, 3.8) is 0 Å². The number of hydrogen-bond donors (Lipinski definition) is 1. The Morgan fingerprint density at radius 1 is 0.750 bits per heavy atom. The zero-order chi connectivity index (χ0) is 30.7. The smallest absolute Gasteiger partial charge is 0.415 e. The van der Waals surface area contributed by atoms with Crippen molar-refractivity contribution in [3.8, 4) is 5.75 Å². The number of aromatic nitrogens is 1. The molecule has 3 aliphatic heterocycles. The number of ether oxygens (including phenoxy) is 2. The summed E-state index contributed by atoms with van der Waals surface area (Å²) in [5, 5.41) is 2.77. The molecule has 0 spiro atoms. The first-order valence-electron chi connectivity index (χ1n) is 15.2. The lowest BCUT2D eigenvalue weighted by Gasteiger charge is -2.31. The molecule has 1 aromatic heterocycles. The summed E-state index contributed by atoms with van der Waals surface area (Å²) >= 11 is 0. The molecular weight excluding hydrogens is 558 g/mol. The van der Waals surface area contributed by atoms with Crippen molar-refractivity contribution in [2.24, 2.45) is 0 Å². The molecule has 44 heavy (non-hydrogen) atoms. The summed E-state index contributed by atoms with van der Waals surface area (Å²) < 4.78 is 11.6. The molecule has 0 radical (unpaired) electrons. The van der Waals surface area contributed by atoms with Gasteiger partial charge in [-0.3, -0.25) is 9.69 Å². The van der Waals surface area contributed by atoms with E-state index in [9.17, 15) is 14.4 Å². The molecule has 1 fully saturated rings. The molecule has 3 aliphatic rings. The first-order valence-corrected chi connectivity index (χ1v) is 15.2. The largest absolute Gasteiger partial charge is 0.443 e. The third-order valence-corrected chi connectivity index (χ3v) is 8.79. The minimum Gasteiger partial charge on any atom is -0.443 e. The van der Waals surface area contributed by atoms with Crippen molar-refractivity contribution < 1.29 is 23.9 Å². The second-order valence-corrected chi connectivity index (χ2v) is 12.9. The Morgan fingerprint density at radius 2 is 1.43 bits per heavy atom. The van der Waals surface area contributed by atoms with Crippen LogP contribution in [-0.2, 0) is 17.6 Å². The van der Waals surface area contributed by atoms with Gasteiger partial charge in [0.1, 0.15) is 17.0 Å². The molecule has 0 saturated carbocycles. The highest BCUT2D eigenvalue weighted by Crippen LogP contribution is 2.41. The highest BCUT2D eigenvalue weighted by molar-refractivity contribution is 6.12. The number of fused-ring (bicyclic) bond motifs is 6. The molecule has 228 valence electrons. The van der Waals surface area contributed by atoms with Crippen LogP contribution in [0.25, 0.3) is 21.7 Å². The monoisotopic (exact) mass is 595 g/mol. The average molecular weight is 596 g/mol. The van der Waals surface area contributed by atoms with Gasteiger partial charge in [0, 0.05) is 61.6 Å². The van der Waals surface area contributed by atoms with E-state index in [0.29, 0.717) is 50.5 Å². The van der Waals surface area contributed by atoms with E-state index in [1.54, 1.807) is 14.7 Å². The number of H-pyrrole nitrogens is 1. The minimum atomic E-state index is -0.586. The van der Waals surface area contributed by atoms with Gasteiger partial charge in [0.15, 0.2) is 0 Å². The van der Waals surface area contributed by atoms with Crippen LogP contribution in [-0.4, -0.2) is 84.8 Å². The quantitative estimate of drug-likeness (QED) is 0.326. The van der Waals surface area contributed by atoms with Crippen molar-refractivity contribution in [1.82, 2.24) is 14.8 Å². The molecule has 10 nitrogen and oxygen atoms in total. The van der Waals surface area contributed by atoms with E-state index in [0.717, 1.165) is 57.3 Å². The maximum atomic E-state index is 14.0. The Kier molecular flexibility index (Phi) is 6.77. The van der Waals surface area contributed by atoms with E-state index in [1.165, 1.54) is 0 Å². The number of anilines is 2. The number of rotatable bonds is 2. The molecule has 0 bridgehead atoms. The van der Waals surface area contributed by atoms with Crippen molar-refractivity contribution in [3.05, 3.63) is 65.4 Å². The van der Waals surface area contributed by atoms with Gasteiger partial charge in [-0.25, -0.2) is 9.59 Å². The Balaban J connectivity index is 1.19. The highest BCUT2D eigenvalue weighted by atomic mass is 16.6. The molecule has 7 rings (SSSR count). The van der Waals surface area contributed by atoms with Gasteiger partial charge in [-0.05, 0) is 75.4 Å². The molecule has 0 aliphatic carbocycles. The van der Waals surface area contributed by atoms with E-state index in [2.05, 4.69) is 9.88 Å². The van der Waals surface area contributed by atoms with E-state index >= 15 is 0 Å². The number of likely N-dealkylation sites (N-methyl/N-ethyl adjacent to an activating group) is 1. The molecule has 1 N–H and O–H groups in total. The van der Waals surface area contributed by atoms with Crippen molar-refractivity contribution in [1.29, 1.82) is 0 Å². The lowest BCUT2D eigenvalue weighted by molar-refractivity contribution is 0.0583. The third-order valence-electron chi connectivity index (χ3n) is 8.79. The van der Waals surface area contributed by atoms with Crippen molar-refractivity contribution >= 4 is 51.1 Å². The van der Waals surface area contributed by atoms with Gasteiger partial charge in [0.25, 0.3) is 5.91 Å². The standard InChI is InChI=1S/C34H37N5O5/c1-34(2,3)44-33(42)39-14-12-23-25-19-27(35-26(25)9-10-28(23)39)31(40)38-13-11-22-21-7-5-6-8-24(21)30(20-29(22)38)43-32(41)37-17-15-36(4)16-18-37/h5-10,19-20,35H,11-18H2,1-4H3. The summed E-state index contributed by atoms with van der Waals surface area (Å²) in [5.41, 5.74) is 4.40. The minimum absolute atomic E-state index is 0.151. The molecule has 1 saturated heterocycles. The fourth-order valence-corrected chi connectivity index (χ4v) is 6.56. The second-order valence-electron chi connectivity index (χ2n) is 12.9. The summed E-state index contributed by atoms with van der Waals surface area (Å²) in [4.78, 5) is 50.7. The lowest BCUT2D eigenvalue weighted by atomic mass is 10.0. The van der Waals surface area contributed by atoms with Crippen LogP contribution in [0.4, 0.5) is 21.0 Å². The van der Waals surface area contributed by atoms with Crippen LogP contribution in [0.15, 0.2) is 48.5 Å². The number of hydrogen-bond acceptors (Lipinski definition) is 6. The average Bonchev–Trinajstić information content (AvgIpc) is 3.73. The zero-order valence-electron chi connectivity index (χ0n) is 25.6. The fourth-order valence-electron chi connectivity index (χ4n) is 6.56. The highest BCUT2D eigenvalue weighted by Gasteiger charge is 2.33. The SMILES string of the molecule is CN1CCN(C(=O)Oc2cc3c(c4ccccc24)CCN3C(=O)c2cc3c4c(ccc3[nH]2)N(C(=O)OC(C)(C)C)CC4)CC1. The summed E-state index contributed by atoms with van der Waals surface area (Å²) in [6.07, 6.45) is 0.642. The molecule has 10 heteroatoms. The first-order chi connectivity index (χ1) is 21.1. The third kappa shape index (κ3) is 4.93. The zero-order valence-corrected chi connectivity index (χ0v) is 25.6. The Labute approximate surface area is 256 Å². The number of amides is 3. The molecule has 0 atom stereocenters. The molecule has 4 heterocycles. The molecular formula is C34H37N5O5. The number of carbonyl (C=O) groups is 3. The van der Waals surface area contributed by atoms with Gasteiger partial charge < -0.3 is 29.2 Å². The van der Waals surface area contributed by atoms with Gasteiger partial charge in [-0.1, -0.05) is 24.3 Å². The van der Waals surface area contributed by atoms with Gasteiger partial charge in [0.2, 0.25) is 0 Å². The number of aromatic amines is 1. The maximum Gasteiger partial charge on any atom is 0.415 e. The summed E-state index contributed by atoms with van der Waals surface area (Å²) in [6, 6.07) is 15.5. The number of benzene rings is 3. The second kappa shape index (κ2) is 10.6. The molecule has 0 unspecified atom stereocenters. The molecule has 4 aromatic rings. The molecule has 3 aromatic carbocycles. The maximum absolute atomic E-state index is 14.0. The predicted molar refractivity (Wildman–Crippen MR) is 170 cm³/mol. The summed E-state index contributed by atoms with van der Waals surface area (Å²) in [6.45, 7) is 9.45. The van der Waals surface area contributed by atoms with E-state index in [-0.39, 0.29) is 18.1 Å². The van der Waals surface area contributed by atoms with Crippen molar-refractivity contribution in [2.75, 3.05) is 56.1 Å². The van der Waals surface area contributed by atoms with Gasteiger partial charge in [0.05, 0.1) is 11.4 Å². The Bertz CT molecular complexity index is 1810. The van der Waals surface area contributed by atoms with Crippen LogP contribution in [0.3, 0.4) is 0 Å². The van der Waals surface area contributed by atoms with Crippen LogP contribution in [0.5, 0.6) is 5.75 Å². The van der Waals surface area contributed by atoms with Crippen LogP contribution < -0.4 is 14.5 Å². The lowest BCUT2D eigenvalue weighted by Crippen LogP contribution is -2.48. The van der Waals surface area contributed by atoms with Crippen LogP contribution in [0, 0.1) is 0 Å². The fraction of sp³-hybridized carbons (Fsp3) is 0.382.